The van der Waals surface area contributed by atoms with Crippen LogP contribution < -0.4 is 10.6 Å². The second-order valence-electron chi connectivity index (χ2n) is 5.02. The van der Waals surface area contributed by atoms with E-state index in [1.165, 1.54) is 5.56 Å². The van der Waals surface area contributed by atoms with Crippen molar-refractivity contribution in [3.8, 4) is 0 Å². The minimum absolute atomic E-state index is 0.564. The van der Waals surface area contributed by atoms with Crippen LogP contribution in [0.4, 0.5) is 5.69 Å². The van der Waals surface area contributed by atoms with Crippen molar-refractivity contribution in [1.29, 1.82) is 0 Å². The number of anilines is 1. The van der Waals surface area contributed by atoms with Crippen molar-refractivity contribution in [1.82, 2.24) is 15.3 Å². The Morgan fingerprint density at radius 2 is 1.91 bits per heavy atom. The number of H-pyrrole nitrogens is 1. The van der Waals surface area contributed by atoms with E-state index in [-0.39, 0.29) is 0 Å². The van der Waals surface area contributed by atoms with Gasteiger partial charge in [0.1, 0.15) is 5.82 Å². The van der Waals surface area contributed by atoms with Crippen LogP contribution in [0.1, 0.15) is 18.3 Å². The normalized spacial score (nSPS) is 10.6. The van der Waals surface area contributed by atoms with E-state index in [1.54, 1.807) is 0 Å². The van der Waals surface area contributed by atoms with Crippen molar-refractivity contribution in [3.05, 3.63) is 59.9 Å². The van der Waals surface area contributed by atoms with Crippen molar-refractivity contribution in [2.24, 2.45) is 0 Å². The lowest BCUT2D eigenvalue weighted by atomic mass is 10.1. The third-order valence-electron chi connectivity index (χ3n) is 3.50. The van der Waals surface area contributed by atoms with Gasteiger partial charge < -0.3 is 15.6 Å². The number of aromatic nitrogens is 2. The molecule has 112 valence electrons. The summed E-state index contributed by atoms with van der Waals surface area (Å²) < 4.78 is 0. The van der Waals surface area contributed by atoms with Crippen molar-refractivity contribution >= 4 is 34.1 Å². The van der Waals surface area contributed by atoms with Gasteiger partial charge in [-0.3, -0.25) is 0 Å². The number of benzene rings is 2. The second-order valence-corrected chi connectivity index (χ2v) is 5.43. The lowest BCUT2D eigenvalue weighted by molar-refractivity contribution is 0.859. The average molecular weight is 310 g/mol. The highest BCUT2D eigenvalue weighted by atomic mass is 32.1. The molecule has 0 amide bonds. The van der Waals surface area contributed by atoms with E-state index < -0.39 is 0 Å². The minimum Gasteiger partial charge on any atom is -0.355 e. The molecule has 22 heavy (non-hydrogen) atoms. The predicted molar refractivity (Wildman–Crippen MR) is 95.0 cm³/mol. The number of rotatable bonds is 4. The molecule has 3 aromatic rings. The predicted octanol–water partition coefficient (Wildman–Crippen LogP) is 3.61. The molecule has 1 aromatic heterocycles. The lowest BCUT2D eigenvalue weighted by Gasteiger charge is -2.12. The highest BCUT2D eigenvalue weighted by molar-refractivity contribution is 7.80. The number of nitrogens with one attached hydrogen (secondary N) is 3. The summed E-state index contributed by atoms with van der Waals surface area (Å²) in [5, 5.41) is 7.03. The molecule has 2 aromatic carbocycles. The molecule has 3 rings (SSSR count). The van der Waals surface area contributed by atoms with Gasteiger partial charge >= 0.3 is 0 Å². The molecule has 0 radical (unpaired) electrons. The van der Waals surface area contributed by atoms with Crippen LogP contribution in [0.2, 0.25) is 0 Å². The number of aromatic amines is 1. The monoisotopic (exact) mass is 310 g/mol. The number of hydrogen-bond acceptors (Lipinski definition) is 2. The number of fused-ring (bicyclic) bond motifs is 1. The van der Waals surface area contributed by atoms with Gasteiger partial charge in [-0.25, -0.2) is 4.98 Å². The van der Waals surface area contributed by atoms with Crippen molar-refractivity contribution in [2.45, 2.75) is 19.9 Å². The molecule has 1 heterocycles. The molecule has 4 nitrogen and oxygen atoms in total. The molecule has 0 fully saturated rings. The Hall–Kier alpha value is -2.40. The summed E-state index contributed by atoms with van der Waals surface area (Å²) in [4.78, 5) is 7.80. The number of para-hydroxylation sites is 3. The van der Waals surface area contributed by atoms with Crippen molar-refractivity contribution in [2.75, 3.05) is 5.32 Å². The van der Waals surface area contributed by atoms with E-state index in [4.69, 9.17) is 12.2 Å². The Morgan fingerprint density at radius 1 is 1.14 bits per heavy atom. The first-order valence-corrected chi connectivity index (χ1v) is 7.73. The fourth-order valence-electron chi connectivity index (χ4n) is 2.37. The summed E-state index contributed by atoms with van der Waals surface area (Å²) in [6, 6.07) is 16.2. The van der Waals surface area contributed by atoms with Crippen molar-refractivity contribution < 1.29 is 0 Å². The quantitative estimate of drug-likeness (QED) is 0.644. The van der Waals surface area contributed by atoms with Gasteiger partial charge in [0.05, 0.1) is 17.6 Å². The highest BCUT2D eigenvalue weighted by Gasteiger charge is 2.04. The Bertz CT molecular complexity index is 761. The first kappa shape index (κ1) is 14.5. The van der Waals surface area contributed by atoms with Gasteiger partial charge in [-0.2, -0.15) is 0 Å². The summed E-state index contributed by atoms with van der Waals surface area (Å²) in [5.41, 5.74) is 4.30. The van der Waals surface area contributed by atoms with E-state index in [9.17, 15) is 0 Å². The third-order valence-corrected chi connectivity index (χ3v) is 3.75. The highest BCUT2D eigenvalue weighted by Crippen LogP contribution is 2.15. The van der Waals surface area contributed by atoms with Crippen LogP contribution in [0, 0.1) is 0 Å². The van der Waals surface area contributed by atoms with Gasteiger partial charge in [-0.1, -0.05) is 37.3 Å². The molecule has 0 saturated heterocycles. The van der Waals surface area contributed by atoms with E-state index in [2.05, 4.69) is 33.6 Å². The average Bonchev–Trinajstić information content (AvgIpc) is 2.96. The molecular formula is C17H18N4S. The molecule has 0 saturated carbocycles. The Morgan fingerprint density at radius 3 is 2.73 bits per heavy atom. The standard InChI is InChI=1S/C17H18N4S/c1-2-12-7-3-4-8-13(12)21-17(22)18-11-16-19-14-9-5-6-10-15(14)20-16/h3-10H,2,11H2,1H3,(H,19,20)(H2,18,21,22). The number of hydrogen-bond donors (Lipinski definition) is 3. The number of nitrogens with zero attached hydrogens (tertiary/aromatic N) is 1. The van der Waals surface area contributed by atoms with Crippen LogP contribution in [0.3, 0.4) is 0 Å². The fraction of sp³-hybridized carbons (Fsp3) is 0.176. The number of aryl methyl sites for hydroxylation is 1. The van der Waals surface area contributed by atoms with Gasteiger partial charge in [0.25, 0.3) is 0 Å². The largest absolute Gasteiger partial charge is 0.355 e. The molecule has 0 aliphatic heterocycles. The zero-order chi connectivity index (χ0) is 15.4. The van der Waals surface area contributed by atoms with Crippen LogP contribution in [-0.2, 0) is 13.0 Å². The molecular weight excluding hydrogens is 292 g/mol. The van der Waals surface area contributed by atoms with Gasteiger partial charge in [0, 0.05) is 5.69 Å². The minimum atomic E-state index is 0.564. The maximum Gasteiger partial charge on any atom is 0.171 e. The van der Waals surface area contributed by atoms with Crippen LogP contribution >= 0.6 is 12.2 Å². The number of imidazole rings is 1. The third kappa shape index (κ3) is 3.26. The second kappa shape index (κ2) is 6.58. The van der Waals surface area contributed by atoms with E-state index in [1.807, 2.05) is 42.5 Å². The van der Waals surface area contributed by atoms with Crippen molar-refractivity contribution in [3.63, 3.8) is 0 Å². The van der Waals surface area contributed by atoms with E-state index in [0.717, 1.165) is 29.0 Å². The first-order valence-electron chi connectivity index (χ1n) is 7.32. The topological polar surface area (TPSA) is 52.7 Å². The summed E-state index contributed by atoms with van der Waals surface area (Å²) in [6.45, 7) is 2.69. The summed E-state index contributed by atoms with van der Waals surface area (Å²) in [5.74, 6) is 0.870. The van der Waals surface area contributed by atoms with Crippen LogP contribution in [0.5, 0.6) is 0 Å². The summed E-state index contributed by atoms with van der Waals surface area (Å²) in [7, 11) is 0. The SMILES string of the molecule is CCc1ccccc1NC(=S)NCc1nc2ccccc2[nH]1. The summed E-state index contributed by atoms with van der Waals surface area (Å²) in [6.07, 6.45) is 0.968. The first-order chi connectivity index (χ1) is 10.8. The van der Waals surface area contributed by atoms with Crippen LogP contribution in [-0.4, -0.2) is 15.1 Å². The molecule has 0 bridgehead atoms. The van der Waals surface area contributed by atoms with Gasteiger partial charge in [0.15, 0.2) is 5.11 Å². The van der Waals surface area contributed by atoms with E-state index in [0.29, 0.717) is 11.7 Å². The van der Waals surface area contributed by atoms with Crippen LogP contribution in [0.25, 0.3) is 11.0 Å². The Labute approximate surface area is 135 Å². The number of thiocarbonyl (C=S) groups is 1. The lowest BCUT2D eigenvalue weighted by Crippen LogP contribution is -2.28. The molecule has 5 heteroatoms. The summed E-state index contributed by atoms with van der Waals surface area (Å²) >= 11 is 5.36. The molecule has 0 aliphatic carbocycles. The zero-order valence-electron chi connectivity index (χ0n) is 12.4. The molecule has 0 aliphatic rings. The Balaban J connectivity index is 1.62. The molecule has 0 spiro atoms. The maximum absolute atomic E-state index is 5.36. The Kier molecular flexibility index (Phi) is 4.34. The maximum atomic E-state index is 5.36. The van der Waals surface area contributed by atoms with Gasteiger partial charge in [-0.15, -0.1) is 0 Å². The fourth-order valence-corrected chi connectivity index (χ4v) is 2.55. The van der Waals surface area contributed by atoms with Gasteiger partial charge in [-0.05, 0) is 42.4 Å². The molecule has 0 unspecified atom stereocenters. The molecule has 0 atom stereocenters. The van der Waals surface area contributed by atoms with Gasteiger partial charge in [0.2, 0.25) is 0 Å². The zero-order valence-corrected chi connectivity index (χ0v) is 13.2. The molecule has 3 N–H and O–H groups in total. The smallest absolute Gasteiger partial charge is 0.171 e. The van der Waals surface area contributed by atoms with Crippen LogP contribution in [0.15, 0.2) is 48.5 Å². The van der Waals surface area contributed by atoms with E-state index >= 15 is 0 Å².